The van der Waals surface area contributed by atoms with Gasteiger partial charge in [-0.3, -0.25) is 14.5 Å². The molecule has 2 heterocycles. The minimum Gasteiger partial charge on any atom is -0.274 e. The SMILES string of the molecule is Cc1nc(SCCCCN2C(=O)c3ccccc3C2=O)c2ccccc2n1. The molecule has 1 aliphatic heterocycles. The second-order valence-electron chi connectivity index (χ2n) is 6.46. The molecular weight excluding hydrogens is 358 g/mol. The summed E-state index contributed by atoms with van der Waals surface area (Å²) in [5.74, 6) is 1.28. The third-order valence-electron chi connectivity index (χ3n) is 4.57. The average Bonchev–Trinajstić information content (AvgIpc) is 2.92. The minimum absolute atomic E-state index is 0.180. The van der Waals surface area contributed by atoms with Crippen molar-refractivity contribution in [2.24, 2.45) is 0 Å². The lowest BCUT2D eigenvalue weighted by Gasteiger charge is -2.13. The topological polar surface area (TPSA) is 63.2 Å². The van der Waals surface area contributed by atoms with E-state index < -0.39 is 0 Å². The lowest BCUT2D eigenvalue weighted by atomic mass is 10.1. The van der Waals surface area contributed by atoms with Crippen LogP contribution >= 0.6 is 11.8 Å². The highest BCUT2D eigenvalue weighted by molar-refractivity contribution is 7.99. The van der Waals surface area contributed by atoms with Crippen LogP contribution < -0.4 is 0 Å². The van der Waals surface area contributed by atoms with Gasteiger partial charge >= 0.3 is 0 Å². The molecule has 4 rings (SSSR count). The number of carbonyl (C=O) groups excluding carboxylic acids is 2. The number of imide groups is 1. The van der Waals surface area contributed by atoms with Crippen LogP contribution in [0.15, 0.2) is 53.6 Å². The molecule has 0 N–H and O–H groups in total. The minimum atomic E-state index is -0.180. The fraction of sp³-hybridized carbons (Fsp3) is 0.238. The zero-order chi connectivity index (χ0) is 18.8. The van der Waals surface area contributed by atoms with E-state index in [1.54, 1.807) is 36.0 Å². The van der Waals surface area contributed by atoms with Crippen molar-refractivity contribution in [2.45, 2.75) is 24.8 Å². The monoisotopic (exact) mass is 377 g/mol. The number of aromatic nitrogens is 2. The summed E-state index contributed by atoms with van der Waals surface area (Å²) in [6.07, 6.45) is 1.68. The number of carbonyl (C=O) groups is 2. The molecule has 0 saturated heterocycles. The number of hydrogen-bond acceptors (Lipinski definition) is 5. The number of benzene rings is 2. The van der Waals surface area contributed by atoms with Crippen LogP contribution in [0.1, 0.15) is 39.4 Å². The van der Waals surface area contributed by atoms with Gasteiger partial charge in [0.2, 0.25) is 0 Å². The first-order valence-electron chi connectivity index (χ1n) is 8.96. The Bertz CT molecular complexity index is 1000. The summed E-state index contributed by atoms with van der Waals surface area (Å²) in [6.45, 7) is 2.36. The Morgan fingerprint density at radius 2 is 1.56 bits per heavy atom. The number of nitrogens with zero attached hydrogens (tertiary/aromatic N) is 3. The van der Waals surface area contributed by atoms with E-state index in [1.807, 2.05) is 31.2 Å². The number of thioether (sulfide) groups is 1. The van der Waals surface area contributed by atoms with Crippen LogP contribution in [0.4, 0.5) is 0 Å². The summed E-state index contributed by atoms with van der Waals surface area (Å²) in [6, 6.07) is 15.0. The Morgan fingerprint density at radius 1 is 0.889 bits per heavy atom. The highest BCUT2D eigenvalue weighted by Crippen LogP contribution is 2.27. The molecule has 5 nitrogen and oxygen atoms in total. The summed E-state index contributed by atoms with van der Waals surface area (Å²) in [5, 5.41) is 2.05. The molecule has 0 bridgehead atoms. The van der Waals surface area contributed by atoms with Crippen molar-refractivity contribution in [3.05, 3.63) is 65.5 Å². The summed E-state index contributed by atoms with van der Waals surface area (Å²) in [5.41, 5.74) is 1.98. The Kier molecular flexibility index (Phi) is 4.90. The number of amides is 2. The van der Waals surface area contributed by atoms with Gasteiger partial charge in [-0.2, -0.15) is 0 Å². The maximum Gasteiger partial charge on any atom is 0.261 e. The van der Waals surface area contributed by atoms with Gasteiger partial charge in [-0.1, -0.05) is 30.3 Å². The zero-order valence-corrected chi connectivity index (χ0v) is 15.8. The molecule has 0 unspecified atom stereocenters. The van der Waals surface area contributed by atoms with Crippen LogP contribution in [-0.2, 0) is 0 Å². The molecule has 1 aromatic heterocycles. The predicted molar refractivity (Wildman–Crippen MR) is 106 cm³/mol. The van der Waals surface area contributed by atoms with Crippen molar-refractivity contribution in [3.8, 4) is 0 Å². The third kappa shape index (κ3) is 3.45. The van der Waals surface area contributed by atoms with Gasteiger partial charge in [-0.15, -0.1) is 11.8 Å². The smallest absolute Gasteiger partial charge is 0.261 e. The fourth-order valence-corrected chi connectivity index (χ4v) is 4.32. The van der Waals surface area contributed by atoms with Crippen LogP contribution in [0, 0.1) is 6.92 Å². The van der Waals surface area contributed by atoms with E-state index >= 15 is 0 Å². The average molecular weight is 377 g/mol. The van der Waals surface area contributed by atoms with E-state index in [0.29, 0.717) is 17.7 Å². The zero-order valence-electron chi connectivity index (χ0n) is 15.0. The van der Waals surface area contributed by atoms with E-state index in [-0.39, 0.29) is 11.8 Å². The van der Waals surface area contributed by atoms with Crippen molar-refractivity contribution < 1.29 is 9.59 Å². The van der Waals surface area contributed by atoms with E-state index in [2.05, 4.69) is 9.97 Å². The van der Waals surface area contributed by atoms with Crippen molar-refractivity contribution in [1.29, 1.82) is 0 Å². The van der Waals surface area contributed by atoms with Gasteiger partial charge in [0.1, 0.15) is 10.9 Å². The van der Waals surface area contributed by atoms with Crippen molar-refractivity contribution >= 4 is 34.5 Å². The first kappa shape index (κ1) is 17.7. The number of fused-ring (bicyclic) bond motifs is 2. The van der Waals surface area contributed by atoms with Gasteiger partial charge in [0.25, 0.3) is 11.8 Å². The number of unbranched alkanes of at least 4 members (excludes halogenated alkanes) is 1. The summed E-state index contributed by atoms with van der Waals surface area (Å²) in [4.78, 5) is 35.1. The number of aryl methyl sites for hydroxylation is 1. The number of para-hydroxylation sites is 1. The fourth-order valence-electron chi connectivity index (χ4n) is 3.25. The molecule has 0 saturated carbocycles. The van der Waals surface area contributed by atoms with E-state index in [4.69, 9.17) is 0 Å². The highest BCUT2D eigenvalue weighted by atomic mass is 32.2. The van der Waals surface area contributed by atoms with Crippen LogP contribution in [0.5, 0.6) is 0 Å². The molecule has 0 fully saturated rings. The maximum atomic E-state index is 12.4. The Labute approximate surface area is 161 Å². The van der Waals surface area contributed by atoms with Crippen LogP contribution in [0.3, 0.4) is 0 Å². The largest absolute Gasteiger partial charge is 0.274 e. The van der Waals surface area contributed by atoms with E-state index in [0.717, 1.165) is 40.3 Å². The standard InChI is InChI=1S/C21H19N3O2S/c1-14-22-18-11-5-4-10-17(18)19(23-14)27-13-7-6-12-24-20(25)15-8-2-3-9-16(15)21(24)26/h2-5,8-11H,6-7,12-13H2,1H3. The van der Waals surface area contributed by atoms with Crippen LogP contribution in [-0.4, -0.2) is 39.0 Å². The lowest BCUT2D eigenvalue weighted by Crippen LogP contribution is -2.30. The molecule has 27 heavy (non-hydrogen) atoms. The molecule has 136 valence electrons. The lowest BCUT2D eigenvalue weighted by molar-refractivity contribution is 0.0652. The van der Waals surface area contributed by atoms with Crippen molar-refractivity contribution in [3.63, 3.8) is 0 Å². The molecule has 2 amide bonds. The third-order valence-corrected chi connectivity index (χ3v) is 5.65. The molecule has 0 spiro atoms. The van der Waals surface area contributed by atoms with Gasteiger partial charge in [0.05, 0.1) is 16.6 Å². The summed E-state index contributed by atoms with van der Waals surface area (Å²) in [7, 11) is 0. The van der Waals surface area contributed by atoms with Gasteiger partial charge in [-0.25, -0.2) is 9.97 Å². The quantitative estimate of drug-likeness (QED) is 0.280. The summed E-state index contributed by atoms with van der Waals surface area (Å²) < 4.78 is 0. The second kappa shape index (κ2) is 7.48. The van der Waals surface area contributed by atoms with Crippen molar-refractivity contribution in [1.82, 2.24) is 14.9 Å². The Hall–Kier alpha value is -2.73. The second-order valence-corrected chi connectivity index (χ2v) is 7.54. The normalized spacial score (nSPS) is 13.4. The molecule has 2 aromatic carbocycles. The Balaban J connectivity index is 1.33. The van der Waals surface area contributed by atoms with E-state index in [1.165, 1.54) is 4.90 Å². The Morgan fingerprint density at radius 3 is 2.30 bits per heavy atom. The predicted octanol–water partition coefficient (Wildman–Crippen LogP) is 4.11. The van der Waals surface area contributed by atoms with Crippen LogP contribution in [0.2, 0.25) is 0 Å². The molecule has 1 aliphatic rings. The molecular formula is C21H19N3O2S. The van der Waals surface area contributed by atoms with Gasteiger partial charge in [-0.05, 0) is 43.7 Å². The van der Waals surface area contributed by atoms with Crippen molar-refractivity contribution in [2.75, 3.05) is 12.3 Å². The molecule has 0 radical (unpaired) electrons. The van der Waals surface area contributed by atoms with Gasteiger partial charge in [0.15, 0.2) is 0 Å². The van der Waals surface area contributed by atoms with Gasteiger partial charge in [0, 0.05) is 11.9 Å². The summed E-state index contributed by atoms with van der Waals surface area (Å²) >= 11 is 1.70. The first-order chi connectivity index (χ1) is 13.1. The maximum absolute atomic E-state index is 12.4. The molecule has 0 aliphatic carbocycles. The number of hydrogen-bond donors (Lipinski definition) is 0. The number of rotatable bonds is 6. The first-order valence-corrected chi connectivity index (χ1v) is 9.95. The molecule has 6 heteroatoms. The molecule has 3 aromatic rings. The van der Waals surface area contributed by atoms with E-state index in [9.17, 15) is 9.59 Å². The molecule has 0 atom stereocenters. The highest BCUT2D eigenvalue weighted by Gasteiger charge is 2.34. The van der Waals surface area contributed by atoms with Gasteiger partial charge < -0.3 is 0 Å². The van der Waals surface area contributed by atoms with Crippen LogP contribution in [0.25, 0.3) is 10.9 Å².